The fourth-order valence-electron chi connectivity index (χ4n) is 3.77. The number of anilines is 1. The van der Waals surface area contributed by atoms with Crippen LogP contribution in [-0.4, -0.2) is 52.5 Å². The minimum atomic E-state index is 0.691. The molecule has 2 aliphatic rings. The van der Waals surface area contributed by atoms with Gasteiger partial charge in [0.25, 0.3) is 0 Å². The number of rotatable bonds is 3. The number of aryl methyl sites for hydroxylation is 2. The summed E-state index contributed by atoms with van der Waals surface area (Å²) in [6.45, 7) is 8.66. The number of aromatic nitrogens is 2. The van der Waals surface area contributed by atoms with E-state index in [0.717, 1.165) is 61.7 Å². The van der Waals surface area contributed by atoms with Crippen LogP contribution >= 0.6 is 11.3 Å². The summed E-state index contributed by atoms with van der Waals surface area (Å²) in [4.78, 5) is 17.0. The molecule has 2 N–H and O–H groups in total. The van der Waals surface area contributed by atoms with Crippen LogP contribution in [0, 0.1) is 0 Å². The summed E-state index contributed by atoms with van der Waals surface area (Å²) in [6.07, 6.45) is 4.88. The van der Waals surface area contributed by atoms with E-state index in [2.05, 4.69) is 21.7 Å². The first-order chi connectivity index (χ1) is 11.2. The molecule has 0 atom stereocenters. The van der Waals surface area contributed by atoms with Crippen molar-refractivity contribution in [1.82, 2.24) is 19.8 Å². The number of hydrogen-bond acceptors (Lipinski definition) is 6. The molecular formula is C17H25N5S. The molecule has 0 bridgehead atoms. The summed E-state index contributed by atoms with van der Waals surface area (Å²) in [7, 11) is 0. The Balaban J connectivity index is 1.57. The molecule has 0 spiro atoms. The van der Waals surface area contributed by atoms with E-state index >= 15 is 0 Å². The maximum absolute atomic E-state index is 6.30. The van der Waals surface area contributed by atoms with Gasteiger partial charge in [-0.25, -0.2) is 9.97 Å². The summed E-state index contributed by atoms with van der Waals surface area (Å²) in [5.41, 5.74) is 7.73. The van der Waals surface area contributed by atoms with Crippen molar-refractivity contribution in [2.75, 3.05) is 38.5 Å². The summed E-state index contributed by atoms with van der Waals surface area (Å²) in [5, 5.41) is 1.14. The van der Waals surface area contributed by atoms with Crippen LogP contribution in [0.1, 0.15) is 36.0 Å². The first-order valence-electron chi connectivity index (χ1n) is 8.76. The highest BCUT2D eigenvalue weighted by Gasteiger charge is 2.21. The van der Waals surface area contributed by atoms with Gasteiger partial charge in [-0.1, -0.05) is 6.92 Å². The molecule has 0 saturated carbocycles. The summed E-state index contributed by atoms with van der Waals surface area (Å²) >= 11 is 1.84. The number of nitrogens with two attached hydrogens (primary N) is 1. The van der Waals surface area contributed by atoms with Gasteiger partial charge < -0.3 is 10.6 Å². The van der Waals surface area contributed by atoms with Gasteiger partial charge in [0.2, 0.25) is 0 Å². The molecule has 1 saturated heterocycles. The minimum Gasteiger partial charge on any atom is -0.383 e. The number of piperazine rings is 1. The molecule has 23 heavy (non-hydrogen) atoms. The van der Waals surface area contributed by atoms with E-state index in [4.69, 9.17) is 10.7 Å². The van der Waals surface area contributed by atoms with Crippen LogP contribution in [0.25, 0.3) is 10.2 Å². The van der Waals surface area contributed by atoms with Crippen LogP contribution in [-0.2, 0) is 19.4 Å². The zero-order chi connectivity index (χ0) is 15.8. The normalized spacial score (nSPS) is 20.0. The molecule has 0 amide bonds. The van der Waals surface area contributed by atoms with Crippen molar-refractivity contribution in [3.63, 3.8) is 0 Å². The molecule has 1 fully saturated rings. The van der Waals surface area contributed by atoms with Crippen molar-refractivity contribution in [3.05, 3.63) is 16.3 Å². The van der Waals surface area contributed by atoms with Crippen molar-refractivity contribution in [2.24, 2.45) is 0 Å². The molecule has 4 rings (SSSR count). The number of fused-ring (bicyclic) bond motifs is 3. The predicted molar refractivity (Wildman–Crippen MR) is 95.9 cm³/mol. The molecule has 2 aromatic heterocycles. The fourth-order valence-corrected chi connectivity index (χ4v) is 5.05. The van der Waals surface area contributed by atoms with Gasteiger partial charge in [0, 0.05) is 31.1 Å². The van der Waals surface area contributed by atoms with Gasteiger partial charge in [-0.15, -0.1) is 11.3 Å². The average molecular weight is 331 g/mol. The lowest BCUT2D eigenvalue weighted by Gasteiger charge is -2.33. The van der Waals surface area contributed by atoms with Crippen LogP contribution in [0.3, 0.4) is 0 Å². The topological polar surface area (TPSA) is 58.3 Å². The average Bonchev–Trinajstić information content (AvgIpc) is 2.94. The van der Waals surface area contributed by atoms with Crippen LogP contribution in [0.2, 0.25) is 0 Å². The predicted octanol–water partition coefficient (Wildman–Crippen LogP) is 2.29. The Morgan fingerprint density at radius 1 is 1.04 bits per heavy atom. The van der Waals surface area contributed by atoms with E-state index in [0.29, 0.717) is 5.82 Å². The maximum atomic E-state index is 6.30. The lowest BCUT2D eigenvalue weighted by atomic mass is 9.97. The first-order valence-corrected chi connectivity index (χ1v) is 9.57. The van der Waals surface area contributed by atoms with Gasteiger partial charge in [-0.05, 0) is 37.8 Å². The zero-order valence-electron chi connectivity index (χ0n) is 13.8. The Bertz CT molecular complexity index is 703. The second kappa shape index (κ2) is 6.34. The van der Waals surface area contributed by atoms with Crippen LogP contribution in [0.4, 0.5) is 5.82 Å². The van der Waals surface area contributed by atoms with Gasteiger partial charge in [0.05, 0.1) is 11.9 Å². The van der Waals surface area contributed by atoms with E-state index < -0.39 is 0 Å². The van der Waals surface area contributed by atoms with Gasteiger partial charge in [0.15, 0.2) is 0 Å². The Hall–Kier alpha value is -1.24. The van der Waals surface area contributed by atoms with Gasteiger partial charge in [-0.3, -0.25) is 4.90 Å². The monoisotopic (exact) mass is 331 g/mol. The van der Waals surface area contributed by atoms with Crippen molar-refractivity contribution < 1.29 is 0 Å². The summed E-state index contributed by atoms with van der Waals surface area (Å²) in [6, 6.07) is 0. The molecule has 0 radical (unpaired) electrons. The van der Waals surface area contributed by atoms with Crippen LogP contribution in [0.15, 0.2) is 0 Å². The second-order valence-corrected chi connectivity index (χ2v) is 7.71. The Kier molecular flexibility index (Phi) is 4.22. The van der Waals surface area contributed by atoms with Gasteiger partial charge in [0.1, 0.15) is 16.5 Å². The number of thiophene rings is 1. The van der Waals surface area contributed by atoms with E-state index in [-0.39, 0.29) is 0 Å². The smallest absolute Gasteiger partial charge is 0.146 e. The Labute approximate surface area is 141 Å². The molecule has 0 unspecified atom stereocenters. The van der Waals surface area contributed by atoms with Crippen molar-refractivity contribution in [1.29, 1.82) is 0 Å². The lowest BCUT2D eigenvalue weighted by molar-refractivity contribution is 0.130. The molecule has 2 aromatic rings. The third-order valence-electron chi connectivity index (χ3n) is 5.17. The molecule has 3 heterocycles. The van der Waals surface area contributed by atoms with Gasteiger partial charge >= 0.3 is 0 Å². The van der Waals surface area contributed by atoms with Crippen LogP contribution < -0.4 is 5.73 Å². The number of likely N-dealkylation sites (N-methyl/N-ethyl adjacent to an activating group) is 1. The number of hydrogen-bond donors (Lipinski definition) is 1. The standard InChI is InChI=1S/C17H25N5S/c1-2-21-7-9-22(10-8-21)11-14-19-16(18)15-12-5-3-4-6-13(12)23-17(15)20-14/h2-11H2,1H3,(H2,18,19,20). The highest BCUT2D eigenvalue weighted by Crippen LogP contribution is 2.37. The summed E-state index contributed by atoms with van der Waals surface area (Å²) in [5.74, 6) is 1.58. The fraction of sp³-hybridized carbons (Fsp3) is 0.647. The van der Waals surface area contributed by atoms with E-state index in [1.54, 1.807) is 0 Å². The molecule has 124 valence electrons. The molecule has 6 heteroatoms. The Morgan fingerprint density at radius 2 is 1.78 bits per heavy atom. The van der Waals surface area contributed by atoms with Crippen LogP contribution in [0.5, 0.6) is 0 Å². The molecule has 1 aliphatic heterocycles. The highest BCUT2D eigenvalue weighted by molar-refractivity contribution is 7.19. The maximum Gasteiger partial charge on any atom is 0.146 e. The first kappa shape index (κ1) is 15.3. The van der Waals surface area contributed by atoms with Crippen molar-refractivity contribution in [2.45, 2.75) is 39.2 Å². The van der Waals surface area contributed by atoms with E-state index in [9.17, 15) is 0 Å². The van der Waals surface area contributed by atoms with Crippen molar-refractivity contribution >= 4 is 27.4 Å². The molecule has 1 aliphatic carbocycles. The molecule has 5 nitrogen and oxygen atoms in total. The molecular weight excluding hydrogens is 306 g/mol. The minimum absolute atomic E-state index is 0.691. The van der Waals surface area contributed by atoms with E-state index in [1.165, 1.54) is 29.7 Å². The Morgan fingerprint density at radius 3 is 2.57 bits per heavy atom. The van der Waals surface area contributed by atoms with Gasteiger partial charge in [-0.2, -0.15) is 0 Å². The largest absolute Gasteiger partial charge is 0.383 e. The summed E-state index contributed by atoms with van der Waals surface area (Å²) < 4.78 is 0. The van der Waals surface area contributed by atoms with E-state index in [1.807, 2.05) is 11.3 Å². The SMILES string of the molecule is CCN1CCN(Cc2nc(N)c3c4c(sc3n2)CCCC4)CC1. The molecule has 0 aromatic carbocycles. The highest BCUT2D eigenvalue weighted by atomic mass is 32.1. The number of nitrogens with zero attached hydrogens (tertiary/aromatic N) is 4. The quantitative estimate of drug-likeness (QED) is 0.935. The third kappa shape index (κ3) is 2.95. The lowest BCUT2D eigenvalue weighted by Crippen LogP contribution is -2.45. The third-order valence-corrected chi connectivity index (χ3v) is 6.35. The zero-order valence-corrected chi connectivity index (χ0v) is 14.7. The van der Waals surface area contributed by atoms with Crippen molar-refractivity contribution in [3.8, 4) is 0 Å². The number of nitrogen functional groups attached to an aromatic ring is 1. The second-order valence-electron chi connectivity index (χ2n) is 6.63.